The topological polar surface area (TPSA) is 156 Å². The molecule has 3 aromatic rings. The second kappa shape index (κ2) is 20.7. The van der Waals surface area contributed by atoms with Crippen molar-refractivity contribution in [3.05, 3.63) is 70.1 Å². The molecule has 10 nitrogen and oxygen atoms in total. The van der Waals surface area contributed by atoms with E-state index in [4.69, 9.17) is 14.3 Å². The molecule has 11 heteroatoms. The predicted octanol–water partition coefficient (Wildman–Crippen LogP) is 5.07. The molecule has 1 radical (unpaired) electrons. The minimum absolute atomic E-state index is 0. The van der Waals surface area contributed by atoms with Gasteiger partial charge in [0.05, 0.1) is 18.1 Å². The van der Waals surface area contributed by atoms with E-state index in [1.54, 1.807) is 7.11 Å². The third-order valence-electron chi connectivity index (χ3n) is 8.51. The van der Waals surface area contributed by atoms with Crippen molar-refractivity contribution in [1.82, 2.24) is 14.9 Å². The quantitative estimate of drug-likeness (QED) is 0.161. The molecular formula is C36H51N4O6V-. The van der Waals surface area contributed by atoms with E-state index in [1.807, 2.05) is 62.1 Å². The van der Waals surface area contributed by atoms with Gasteiger partial charge in [-0.3, -0.25) is 21.2 Å². The van der Waals surface area contributed by atoms with Gasteiger partial charge in [-0.2, -0.15) is 0 Å². The van der Waals surface area contributed by atoms with Crippen molar-refractivity contribution < 1.29 is 42.8 Å². The number of ether oxygens (including phenoxy) is 1. The van der Waals surface area contributed by atoms with Crippen LogP contribution in [0.5, 0.6) is 5.75 Å². The van der Waals surface area contributed by atoms with Crippen LogP contribution in [0.1, 0.15) is 89.8 Å². The second-order valence-corrected chi connectivity index (χ2v) is 12.9. The molecule has 1 aliphatic carbocycles. The fourth-order valence-corrected chi connectivity index (χ4v) is 5.63. The number of H-pyrrole nitrogens is 1. The number of aryl methyl sites for hydroxylation is 1. The number of benzene rings is 2. The second-order valence-electron chi connectivity index (χ2n) is 12.9. The first kappa shape index (κ1) is 41.6. The number of primary amides is 1. The van der Waals surface area contributed by atoms with E-state index in [2.05, 4.69) is 41.5 Å². The van der Waals surface area contributed by atoms with Crippen LogP contribution in [-0.2, 0) is 39.4 Å². The van der Waals surface area contributed by atoms with E-state index in [1.165, 1.54) is 37.7 Å². The van der Waals surface area contributed by atoms with Crippen LogP contribution in [0.3, 0.4) is 0 Å². The Bertz CT molecular complexity index is 1420. The molecule has 1 saturated carbocycles. The van der Waals surface area contributed by atoms with Crippen LogP contribution in [0.2, 0.25) is 0 Å². The number of unbranched alkanes of at least 4 members (excludes halogenated alkanes) is 2. The number of hydrogen-bond acceptors (Lipinski definition) is 7. The van der Waals surface area contributed by atoms with Crippen molar-refractivity contribution >= 4 is 30.1 Å². The fourth-order valence-electron chi connectivity index (χ4n) is 5.63. The number of nitrogens with zero attached hydrogens (tertiary/aromatic N) is 2. The molecule has 1 aromatic heterocycles. The number of aliphatic hydroxyl groups is 1. The number of aromatic amines is 1. The monoisotopic (exact) mass is 686 g/mol. The van der Waals surface area contributed by atoms with E-state index < -0.39 is 11.5 Å². The van der Waals surface area contributed by atoms with Gasteiger partial charge in [0.15, 0.2) is 0 Å². The Morgan fingerprint density at radius 2 is 1.77 bits per heavy atom. The molecule has 3 atom stereocenters. The van der Waals surface area contributed by atoms with Crippen molar-refractivity contribution in [2.75, 3.05) is 13.7 Å². The van der Waals surface area contributed by atoms with Gasteiger partial charge in [-0.1, -0.05) is 83.2 Å². The number of hydrogen-bond donors (Lipinski definition) is 3. The Kier molecular flexibility index (Phi) is 18.3. The van der Waals surface area contributed by atoms with Gasteiger partial charge in [-0.25, -0.2) is 4.98 Å². The maximum Gasteiger partial charge on any atom is 0.270 e. The standard InChI is InChI=1S/C17H22N2O2.C17H25NO2.CH3NO.CHO.V/c1-21-13-9-10-14-16(11-13)19-17(20)15(18-14)6-4-2-3-5-12-7-8-12;1-12-14(13-8-6-5-7-9-13)10-11-18(12)16(20)15(19)17(2,3)4;2-1-3;1-2;/h9-12H,2-8H2,1H3,(H,19,20);5-9,12,14-15,19H,10-11H2,1-4H3;1H,(H2,2,3);1H;/q;;;-1;/t;12?,14?,15-;;;/m.1.../s1. The number of amides is 2. The number of fused-ring (bicyclic) bond motifs is 1. The van der Waals surface area contributed by atoms with E-state index >= 15 is 0 Å². The minimum Gasteiger partial charge on any atom is -0.545 e. The van der Waals surface area contributed by atoms with Gasteiger partial charge in [0.25, 0.3) is 11.5 Å². The van der Waals surface area contributed by atoms with Gasteiger partial charge < -0.3 is 30.3 Å². The summed E-state index contributed by atoms with van der Waals surface area (Å²) in [6.45, 7) is 11.7. The van der Waals surface area contributed by atoms with Crippen molar-refractivity contribution in [2.24, 2.45) is 17.1 Å². The van der Waals surface area contributed by atoms with Crippen LogP contribution >= 0.6 is 0 Å². The number of rotatable bonds is 9. The zero-order valence-electron chi connectivity index (χ0n) is 28.4. The third kappa shape index (κ3) is 12.9. The number of nitrogens with two attached hydrogens (primary N) is 1. The first-order valence-corrected chi connectivity index (χ1v) is 16.0. The first-order valence-electron chi connectivity index (χ1n) is 16.0. The summed E-state index contributed by atoms with van der Waals surface area (Å²) in [5, 5.41) is 10.2. The SMILES string of the molecule is CC1C(c2ccccc2)CCN1C(=O)[C@@H](O)C(C)(C)C.COc1ccc2nc(CCCCCC3CC3)c(=O)[nH]c2c1.NC=O.[CH-]=O.[V]. The van der Waals surface area contributed by atoms with Crippen LogP contribution < -0.4 is 16.0 Å². The van der Waals surface area contributed by atoms with Gasteiger partial charge in [0.1, 0.15) is 17.5 Å². The Morgan fingerprint density at radius 1 is 1.13 bits per heavy atom. The average Bonchev–Trinajstić information content (AvgIpc) is 3.80. The molecule has 5 rings (SSSR count). The van der Waals surface area contributed by atoms with Crippen molar-refractivity contribution in [3.63, 3.8) is 0 Å². The average molecular weight is 687 g/mol. The molecule has 2 heterocycles. The summed E-state index contributed by atoms with van der Waals surface area (Å²) >= 11 is 0. The van der Waals surface area contributed by atoms with E-state index in [9.17, 15) is 14.7 Å². The Hall–Kier alpha value is -3.47. The number of nitrogens with one attached hydrogen (secondary N) is 1. The zero-order chi connectivity index (χ0) is 34.3. The van der Waals surface area contributed by atoms with Crippen molar-refractivity contribution in [3.8, 4) is 5.75 Å². The van der Waals surface area contributed by atoms with E-state index in [0.29, 0.717) is 11.6 Å². The smallest absolute Gasteiger partial charge is 0.270 e. The molecule has 1 saturated heterocycles. The summed E-state index contributed by atoms with van der Waals surface area (Å²) in [4.78, 5) is 50.1. The molecule has 2 amide bonds. The van der Waals surface area contributed by atoms with Crippen LogP contribution in [0.25, 0.3) is 11.0 Å². The van der Waals surface area contributed by atoms with Crippen LogP contribution in [0.4, 0.5) is 0 Å². The number of likely N-dealkylation sites (tertiary alicyclic amines) is 1. The first-order chi connectivity index (χ1) is 22.0. The summed E-state index contributed by atoms with van der Waals surface area (Å²) in [6.07, 6.45) is 8.79. The van der Waals surface area contributed by atoms with Gasteiger partial charge in [-0.05, 0) is 55.2 Å². The Morgan fingerprint density at radius 3 is 2.34 bits per heavy atom. The van der Waals surface area contributed by atoms with E-state index in [0.717, 1.165) is 48.5 Å². The van der Waals surface area contributed by atoms with E-state index in [-0.39, 0.29) is 42.5 Å². The minimum atomic E-state index is -0.931. The van der Waals surface area contributed by atoms with Gasteiger partial charge in [0, 0.05) is 43.1 Å². The van der Waals surface area contributed by atoms with Gasteiger partial charge in [-0.15, -0.1) is 0 Å². The van der Waals surface area contributed by atoms with Crippen LogP contribution in [-0.4, -0.2) is 64.9 Å². The summed E-state index contributed by atoms with van der Waals surface area (Å²) in [5.41, 5.74) is 7.17. The van der Waals surface area contributed by atoms with Crippen LogP contribution in [0.15, 0.2) is 53.3 Å². The zero-order valence-corrected chi connectivity index (χ0v) is 29.8. The van der Waals surface area contributed by atoms with Gasteiger partial charge in [0.2, 0.25) is 6.41 Å². The molecule has 1 aliphatic heterocycles. The molecule has 2 aliphatic rings. The molecule has 2 fully saturated rings. The predicted molar refractivity (Wildman–Crippen MR) is 181 cm³/mol. The fraction of sp³-hybridized carbons (Fsp3) is 0.528. The number of carbonyl (C=O) groups excluding carboxylic acids is 3. The summed E-state index contributed by atoms with van der Waals surface area (Å²) < 4.78 is 5.16. The summed E-state index contributed by atoms with van der Waals surface area (Å²) in [6, 6.07) is 16.0. The van der Waals surface area contributed by atoms with Crippen LogP contribution in [0, 0.1) is 11.3 Å². The molecule has 47 heavy (non-hydrogen) atoms. The molecule has 4 N–H and O–H groups in total. The third-order valence-corrected chi connectivity index (χ3v) is 8.51. The molecular weight excluding hydrogens is 635 g/mol. The number of aromatic nitrogens is 2. The molecule has 0 bridgehead atoms. The largest absolute Gasteiger partial charge is 0.545 e. The van der Waals surface area contributed by atoms with Crippen molar-refractivity contribution in [2.45, 2.75) is 97.1 Å². The van der Waals surface area contributed by atoms with Crippen molar-refractivity contribution in [1.29, 1.82) is 0 Å². The molecule has 257 valence electrons. The Balaban J connectivity index is 0.000000407. The molecule has 2 unspecified atom stereocenters. The summed E-state index contributed by atoms with van der Waals surface area (Å²) in [5.74, 6) is 1.96. The number of carbonyl (C=O) groups is 2. The number of methoxy groups -OCH3 is 1. The normalized spacial score (nSPS) is 17.4. The maximum absolute atomic E-state index is 12.5. The summed E-state index contributed by atoms with van der Waals surface area (Å²) in [7, 11) is 1.61. The number of aliphatic hydroxyl groups excluding tert-OH is 1. The maximum atomic E-state index is 12.5. The Labute approximate surface area is 290 Å². The van der Waals surface area contributed by atoms with Gasteiger partial charge >= 0.3 is 0 Å². The molecule has 0 spiro atoms. The molecule has 2 aromatic carbocycles.